The zero-order valence-electron chi connectivity index (χ0n) is 14.4. The number of nitrogens with one attached hydrogen (secondary N) is 1. The molecule has 1 atom stereocenters. The molecule has 0 saturated carbocycles. The van der Waals surface area contributed by atoms with Gasteiger partial charge in [0.15, 0.2) is 12.1 Å². The maximum atomic E-state index is 13.1. The Hall–Kier alpha value is -3.44. The van der Waals surface area contributed by atoms with Crippen molar-refractivity contribution < 1.29 is 9.90 Å². The predicted molar refractivity (Wildman–Crippen MR) is 101 cm³/mol. The summed E-state index contributed by atoms with van der Waals surface area (Å²) in [5.41, 5.74) is 2.62. The van der Waals surface area contributed by atoms with Gasteiger partial charge in [-0.25, -0.2) is 4.98 Å². The molecule has 27 heavy (non-hydrogen) atoms. The first-order valence-electron chi connectivity index (χ1n) is 8.72. The zero-order valence-corrected chi connectivity index (χ0v) is 14.4. The predicted octanol–water partition coefficient (Wildman–Crippen LogP) is 3.21. The van der Waals surface area contributed by atoms with Gasteiger partial charge in [0.2, 0.25) is 0 Å². The standard InChI is InChI=1S/C22H16N3O2/c26-21-17-8-4-5-9-18(17)22(27,25(21)13-15-6-2-1-3-7-15)16-10-11-19-20(12-16)24-14-23-19/h1-12,27H,13H2,(H,23,24). The third kappa shape index (κ3) is 2.29. The maximum absolute atomic E-state index is 13.1. The fraction of sp³-hybridized carbons (Fsp3) is 0.0909. The van der Waals surface area contributed by atoms with E-state index >= 15 is 0 Å². The Morgan fingerprint density at radius 3 is 2.67 bits per heavy atom. The maximum Gasteiger partial charge on any atom is 0.257 e. The molecule has 1 aliphatic rings. The molecule has 5 nitrogen and oxygen atoms in total. The lowest BCUT2D eigenvalue weighted by Gasteiger charge is -2.35. The van der Waals surface area contributed by atoms with Crippen molar-refractivity contribution in [3.8, 4) is 0 Å². The second-order valence-corrected chi connectivity index (χ2v) is 6.68. The molecule has 1 aromatic heterocycles. The van der Waals surface area contributed by atoms with E-state index in [9.17, 15) is 9.90 Å². The van der Waals surface area contributed by atoms with Gasteiger partial charge in [0.1, 0.15) is 0 Å². The number of aromatic amines is 1. The van der Waals surface area contributed by atoms with E-state index in [1.807, 2.05) is 54.6 Å². The number of nitrogens with zero attached hydrogens (tertiary/aromatic N) is 2. The Morgan fingerprint density at radius 2 is 1.81 bits per heavy atom. The molecule has 0 saturated heterocycles. The van der Waals surface area contributed by atoms with Gasteiger partial charge in [-0.3, -0.25) is 9.69 Å². The average molecular weight is 354 g/mol. The number of H-pyrrole nitrogens is 1. The van der Waals surface area contributed by atoms with Crippen molar-refractivity contribution in [2.75, 3.05) is 0 Å². The van der Waals surface area contributed by atoms with Crippen LogP contribution in [0.2, 0.25) is 0 Å². The number of hydrogen-bond donors (Lipinski definition) is 2. The second kappa shape index (κ2) is 5.79. The highest BCUT2D eigenvalue weighted by atomic mass is 16.3. The topological polar surface area (TPSA) is 69.2 Å². The number of aromatic nitrogens is 2. The van der Waals surface area contributed by atoms with E-state index in [0.717, 1.165) is 11.1 Å². The fourth-order valence-corrected chi connectivity index (χ4v) is 3.77. The third-order valence-corrected chi connectivity index (χ3v) is 5.12. The van der Waals surface area contributed by atoms with Gasteiger partial charge in [-0.1, -0.05) is 54.6 Å². The van der Waals surface area contributed by atoms with Gasteiger partial charge in [-0.15, -0.1) is 0 Å². The summed E-state index contributed by atoms with van der Waals surface area (Å²) in [6, 6.07) is 22.4. The Morgan fingerprint density at radius 1 is 1.04 bits per heavy atom. The van der Waals surface area contributed by atoms with E-state index in [-0.39, 0.29) is 5.91 Å². The number of carbonyl (C=O) groups excluding carboxylic acids is 1. The summed E-state index contributed by atoms with van der Waals surface area (Å²) >= 11 is 0. The lowest BCUT2D eigenvalue weighted by atomic mass is 9.93. The highest BCUT2D eigenvalue weighted by molar-refractivity contribution is 6.00. The van der Waals surface area contributed by atoms with Crippen LogP contribution in [-0.4, -0.2) is 25.9 Å². The lowest BCUT2D eigenvalue weighted by molar-refractivity contribution is -0.0542. The van der Waals surface area contributed by atoms with Crippen molar-refractivity contribution >= 4 is 16.9 Å². The number of imidazole rings is 1. The highest BCUT2D eigenvalue weighted by Gasteiger charge is 2.49. The van der Waals surface area contributed by atoms with Crippen molar-refractivity contribution in [3.63, 3.8) is 0 Å². The van der Waals surface area contributed by atoms with Gasteiger partial charge in [0.25, 0.3) is 5.91 Å². The lowest BCUT2D eigenvalue weighted by Crippen LogP contribution is -2.44. The first-order valence-corrected chi connectivity index (χ1v) is 8.72. The molecule has 1 aliphatic heterocycles. The molecular formula is C22H16N3O2. The number of hydrogen-bond acceptors (Lipinski definition) is 3. The first kappa shape index (κ1) is 15.8. The van der Waals surface area contributed by atoms with Crippen LogP contribution in [0.15, 0.2) is 72.8 Å². The van der Waals surface area contributed by atoms with E-state index in [1.54, 1.807) is 18.2 Å². The van der Waals surface area contributed by atoms with Crippen LogP contribution >= 0.6 is 0 Å². The van der Waals surface area contributed by atoms with Gasteiger partial charge in [-0.05, 0) is 23.8 Å². The van der Waals surface area contributed by atoms with Crippen molar-refractivity contribution in [2.45, 2.75) is 12.3 Å². The van der Waals surface area contributed by atoms with Crippen LogP contribution in [-0.2, 0) is 12.3 Å². The minimum absolute atomic E-state index is 0.189. The van der Waals surface area contributed by atoms with Crippen LogP contribution in [0.5, 0.6) is 0 Å². The Kier molecular flexibility index (Phi) is 3.39. The number of aliphatic hydroxyl groups is 1. The van der Waals surface area contributed by atoms with Crippen molar-refractivity contribution in [2.24, 2.45) is 0 Å². The van der Waals surface area contributed by atoms with Crippen LogP contribution in [0.4, 0.5) is 0 Å². The third-order valence-electron chi connectivity index (χ3n) is 5.12. The molecule has 0 spiro atoms. The van der Waals surface area contributed by atoms with Crippen molar-refractivity contribution in [1.82, 2.24) is 14.9 Å². The van der Waals surface area contributed by atoms with E-state index in [0.29, 0.717) is 28.8 Å². The number of fused-ring (bicyclic) bond motifs is 2. The van der Waals surface area contributed by atoms with Gasteiger partial charge < -0.3 is 10.1 Å². The number of carbonyl (C=O) groups is 1. The number of amides is 1. The fourth-order valence-electron chi connectivity index (χ4n) is 3.77. The Balaban J connectivity index is 1.70. The molecule has 2 heterocycles. The minimum Gasteiger partial charge on any atom is -0.363 e. The molecule has 1 radical (unpaired) electrons. The summed E-state index contributed by atoms with van der Waals surface area (Å²) in [6.07, 6.45) is 2.71. The molecule has 5 heteroatoms. The van der Waals surface area contributed by atoms with Crippen molar-refractivity contribution in [1.29, 1.82) is 0 Å². The van der Waals surface area contributed by atoms with Crippen LogP contribution in [0.3, 0.4) is 0 Å². The summed E-state index contributed by atoms with van der Waals surface area (Å²) in [5, 5.41) is 11.9. The molecule has 0 fully saturated rings. The average Bonchev–Trinajstić information content (AvgIpc) is 3.27. The number of benzene rings is 3. The Bertz CT molecular complexity index is 1150. The Labute approximate surface area is 155 Å². The molecular weight excluding hydrogens is 338 g/mol. The largest absolute Gasteiger partial charge is 0.363 e. The van der Waals surface area contributed by atoms with E-state index in [1.165, 1.54) is 4.90 Å². The molecule has 2 N–H and O–H groups in total. The van der Waals surface area contributed by atoms with Gasteiger partial charge in [-0.2, -0.15) is 0 Å². The molecule has 131 valence electrons. The van der Waals surface area contributed by atoms with Gasteiger partial charge >= 0.3 is 0 Å². The zero-order chi connectivity index (χ0) is 18.4. The van der Waals surface area contributed by atoms with E-state index in [2.05, 4.69) is 16.3 Å². The summed E-state index contributed by atoms with van der Waals surface area (Å²) < 4.78 is 0. The van der Waals surface area contributed by atoms with Crippen LogP contribution in [0.25, 0.3) is 11.0 Å². The van der Waals surface area contributed by atoms with E-state index in [4.69, 9.17) is 0 Å². The van der Waals surface area contributed by atoms with Gasteiger partial charge in [0, 0.05) is 23.2 Å². The summed E-state index contributed by atoms with van der Waals surface area (Å²) in [4.78, 5) is 21.8. The SMILES string of the molecule is O=C1c2ccccc2C(O)(c2ccc3[nH][c]nc3c2)N1Cc1ccccc1. The van der Waals surface area contributed by atoms with Crippen LogP contribution in [0, 0.1) is 6.33 Å². The molecule has 1 unspecified atom stereocenters. The monoisotopic (exact) mass is 354 g/mol. The smallest absolute Gasteiger partial charge is 0.257 e. The molecule has 3 aromatic carbocycles. The summed E-state index contributed by atoms with van der Waals surface area (Å²) in [7, 11) is 0. The molecule has 1 amide bonds. The summed E-state index contributed by atoms with van der Waals surface area (Å²) in [5.74, 6) is -0.189. The highest BCUT2D eigenvalue weighted by Crippen LogP contribution is 2.43. The van der Waals surface area contributed by atoms with Gasteiger partial charge in [0.05, 0.1) is 11.0 Å². The summed E-state index contributed by atoms with van der Waals surface area (Å²) in [6.45, 7) is 0.301. The quantitative estimate of drug-likeness (QED) is 0.594. The molecule has 4 aromatic rings. The normalized spacial score (nSPS) is 18.9. The molecule has 0 bridgehead atoms. The number of rotatable bonds is 3. The minimum atomic E-state index is -1.56. The second-order valence-electron chi connectivity index (χ2n) is 6.68. The first-order chi connectivity index (χ1) is 13.2. The van der Waals surface area contributed by atoms with Crippen LogP contribution < -0.4 is 0 Å². The van der Waals surface area contributed by atoms with E-state index < -0.39 is 5.72 Å². The molecule has 0 aliphatic carbocycles. The van der Waals surface area contributed by atoms with Crippen molar-refractivity contribution in [3.05, 3.63) is 101 Å². The molecule has 5 rings (SSSR count). The van der Waals surface area contributed by atoms with Crippen LogP contribution in [0.1, 0.15) is 27.0 Å².